The molecule has 0 amide bonds. The second-order valence-electron chi connectivity index (χ2n) is 7.14. The number of hydrogen-bond donors (Lipinski definition) is 3. The second kappa shape index (κ2) is 11.9. The standard InChI is InChI=1S/C17H31N3O6S/c1-27(24,25)19-11-10-15(18)20-26-17(23)14(12-16(21)22)9-5-8-13-6-3-2-4-7-13/h13-14,19H,2-12H2,1H3,(H2,18,20)(H,21,22)/t14-/m1/s1. The first kappa shape index (κ1) is 23.4. The molecule has 0 unspecified atom stereocenters. The van der Waals surface area contributed by atoms with Gasteiger partial charge < -0.3 is 15.7 Å². The Bertz CT molecular complexity index is 614. The Morgan fingerprint density at radius 3 is 2.56 bits per heavy atom. The van der Waals surface area contributed by atoms with Gasteiger partial charge in [0.25, 0.3) is 0 Å². The van der Waals surface area contributed by atoms with Gasteiger partial charge in [-0.1, -0.05) is 50.1 Å². The summed E-state index contributed by atoms with van der Waals surface area (Å²) in [4.78, 5) is 27.9. The number of nitrogens with one attached hydrogen (secondary N) is 1. The molecular weight excluding hydrogens is 374 g/mol. The molecule has 0 radical (unpaired) electrons. The van der Waals surface area contributed by atoms with Crippen LogP contribution in [0, 0.1) is 11.8 Å². The first-order chi connectivity index (χ1) is 12.7. The molecule has 0 aromatic rings. The third-order valence-corrected chi connectivity index (χ3v) is 5.37. The number of nitrogens with zero attached hydrogens (tertiary/aromatic N) is 1. The molecule has 1 aliphatic rings. The highest BCUT2D eigenvalue weighted by Gasteiger charge is 2.24. The van der Waals surface area contributed by atoms with Crippen molar-refractivity contribution < 1.29 is 28.0 Å². The van der Waals surface area contributed by atoms with Gasteiger partial charge in [0, 0.05) is 13.0 Å². The number of carbonyl (C=O) groups is 2. The van der Waals surface area contributed by atoms with E-state index in [1.807, 2.05) is 0 Å². The van der Waals surface area contributed by atoms with Crippen LogP contribution in [0.2, 0.25) is 0 Å². The third-order valence-electron chi connectivity index (χ3n) is 4.64. The molecule has 1 saturated carbocycles. The van der Waals surface area contributed by atoms with E-state index in [4.69, 9.17) is 15.7 Å². The van der Waals surface area contributed by atoms with Crippen LogP contribution < -0.4 is 10.5 Å². The van der Waals surface area contributed by atoms with E-state index in [-0.39, 0.29) is 25.2 Å². The van der Waals surface area contributed by atoms with Crippen LogP contribution in [0.4, 0.5) is 0 Å². The van der Waals surface area contributed by atoms with Gasteiger partial charge >= 0.3 is 11.9 Å². The van der Waals surface area contributed by atoms with Crippen molar-refractivity contribution in [3.05, 3.63) is 0 Å². The highest BCUT2D eigenvalue weighted by Crippen LogP contribution is 2.29. The third kappa shape index (κ3) is 11.6. The minimum atomic E-state index is -3.33. The van der Waals surface area contributed by atoms with Crippen molar-refractivity contribution in [1.29, 1.82) is 0 Å². The number of rotatable bonds is 12. The van der Waals surface area contributed by atoms with Gasteiger partial charge in [0.1, 0.15) is 5.84 Å². The summed E-state index contributed by atoms with van der Waals surface area (Å²) in [7, 11) is -3.33. The molecule has 0 aromatic heterocycles. The van der Waals surface area contributed by atoms with Crippen LogP contribution in [0.3, 0.4) is 0 Å². The van der Waals surface area contributed by atoms with Gasteiger partial charge in [0.05, 0.1) is 18.6 Å². The number of sulfonamides is 1. The fourth-order valence-corrected chi connectivity index (χ4v) is 3.70. The Kier molecular flexibility index (Phi) is 10.3. The molecule has 1 aliphatic carbocycles. The lowest BCUT2D eigenvalue weighted by molar-refractivity contribution is -0.153. The van der Waals surface area contributed by atoms with Crippen LogP contribution in [0.1, 0.15) is 64.2 Å². The SMILES string of the molecule is CS(=O)(=O)NCC/C(N)=N/OC(=O)[C@H](CCCC1CCCCC1)CC(=O)O. The Morgan fingerprint density at radius 1 is 1.30 bits per heavy atom. The Hall–Kier alpha value is -1.68. The summed E-state index contributed by atoms with van der Waals surface area (Å²) >= 11 is 0. The first-order valence-electron chi connectivity index (χ1n) is 9.37. The van der Waals surface area contributed by atoms with Crippen molar-refractivity contribution >= 4 is 27.8 Å². The van der Waals surface area contributed by atoms with E-state index in [0.29, 0.717) is 12.3 Å². The Balaban J connectivity index is 2.43. The van der Waals surface area contributed by atoms with Gasteiger partial charge in [-0.25, -0.2) is 17.9 Å². The molecule has 0 saturated heterocycles. The maximum Gasteiger partial charge on any atom is 0.338 e. The van der Waals surface area contributed by atoms with E-state index in [1.54, 1.807) is 0 Å². The largest absolute Gasteiger partial charge is 0.481 e. The summed E-state index contributed by atoms with van der Waals surface area (Å²) < 4.78 is 24.1. The van der Waals surface area contributed by atoms with Crippen LogP contribution in [-0.2, 0) is 24.4 Å². The van der Waals surface area contributed by atoms with Gasteiger partial charge in [-0.05, 0) is 12.3 Å². The number of carboxylic acids is 1. The van der Waals surface area contributed by atoms with E-state index in [2.05, 4.69) is 9.88 Å². The summed E-state index contributed by atoms with van der Waals surface area (Å²) in [6, 6.07) is 0. The average molecular weight is 406 g/mol. The number of aliphatic carboxylic acids is 1. The summed E-state index contributed by atoms with van der Waals surface area (Å²) in [5.41, 5.74) is 5.57. The minimum absolute atomic E-state index is 0.0334. The van der Waals surface area contributed by atoms with Crippen molar-refractivity contribution in [3.63, 3.8) is 0 Å². The van der Waals surface area contributed by atoms with Gasteiger partial charge in [-0.2, -0.15) is 0 Å². The highest BCUT2D eigenvalue weighted by molar-refractivity contribution is 7.88. The molecule has 9 nitrogen and oxygen atoms in total. The molecule has 0 heterocycles. The van der Waals surface area contributed by atoms with Crippen LogP contribution in [-0.4, -0.2) is 44.1 Å². The lowest BCUT2D eigenvalue weighted by Gasteiger charge is -2.22. The van der Waals surface area contributed by atoms with Gasteiger partial charge in [0.2, 0.25) is 10.0 Å². The summed E-state index contributed by atoms with van der Waals surface area (Å²) in [6.07, 6.45) is 9.16. The second-order valence-corrected chi connectivity index (χ2v) is 8.97. The molecular formula is C17H31N3O6S. The minimum Gasteiger partial charge on any atom is -0.481 e. The number of hydrogen-bond acceptors (Lipinski definition) is 6. The zero-order chi connectivity index (χ0) is 20.3. The van der Waals surface area contributed by atoms with E-state index < -0.39 is 27.9 Å². The molecule has 4 N–H and O–H groups in total. The van der Waals surface area contributed by atoms with Crippen molar-refractivity contribution in [2.75, 3.05) is 12.8 Å². The van der Waals surface area contributed by atoms with Crippen LogP contribution >= 0.6 is 0 Å². The van der Waals surface area contributed by atoms with E-state index in [1.165, 1.54) is 32.1 Å². The normalized spacial score (nSPS) is 17.4. The summed E-state index contributed by atoms with van der Waals surface area (Å²) in [5, 5.41) is 12.5. The predicted octanol–water partition coefficient (Wildman–Crippen LogP) is 1.58. The summed E-state index contributed by atoms with van der Waals surface area (Å²) in [5.74, 6) is -1.94. The van der Waals surface area contributed by atoms with Gasteiger partial charge in [-0.15, -0.1) is 0 Å². The number of carboxylic acid groups (broad SMARTS) is 1. The monoisotopic (exact) mass is 405 g/mol. The Morgan fingerprint density at radius 2 is 1.96 bits per heavy atom. The lowest BCUT2D eigenvalue weighted by atomic mass is 9.84. The maximum absolute atomic E-state index is 12.1. The van der Waals surface area contributed by atoms with Gasteiger partial charge in [0.15, 0.2) is 0 Å². The average Bonchev–Trinajstić information content (AvgIpc) is 2.58. The van der Waals surface area contributed by atoms with Crippen molar-refractivity contribution in [2.24, 2.45) is 22.7 Å². The number of oxime groups is 1. The molecule has 27 heavy (non-hydrogen) atoms. The van der Waals surface area contributed by atoms with E-state index >= 15 is 0 Å². The lowest BCUT2D eigenvalue weighted by Crippen LogP contribution is -2.27. The molecule has 10 heteroatoms. The molecule has 1 rings (SSSR count). The fraction of sp³-hybridized carbons (Fsp3) is 0.824. The molecule has 1 atom stereocenters. The van der Waals surface area contributed by atoms with Crippen molar-refractivity contribution in [3.8, 4) is 0 Å². The quantitative estimate of drug-likeness (QED) is 0.193. The highest BCUT2D eigenvalue weighted by atomic mass is 32.2. The molecule has 1 fully saturated rings. The molecule has 156 valence electrons. The predicted molar refractivity (Wildman–Crippen MR) is 101 cm³/mol. The Labute approximate surface area is 160 Å². The van der Waals surface area contributed by atoms with Crippen LogP contribution in [0.5, 0.6) is 0 Å². The number of carbonyl (C=O) groups excluding carboxylic acids is 1. The molecule has 0 spiro atoms. The number of amidine groups is 1. The zero-order valence-corrected chi connectivity index (χ0v) is 16.7. The van der Waals surface area contributed by atoms with Crippen LogP contribution in [0.25, 0.3) is 0 Å². The smallest absolute Gasteiger partial charge is 0.338 e. The topological polar surface area (TPSA) is 148 Å². The van der Waals surface area contributed by atoms with Gasteiger partial charge in [-0.3, -0.25) is 4.79 Å². The van der Waals surface area contributed by atoms with Crippen LogP contribution in [0.15, 0.2) is 5.16 Å². The maximum atomic E-state index is 12.1. The van der Waals surface area contributed by atoms with E-state index in [0.717, 1.165) is 19.1 Å². The molecule has 0 aliphatic heterocycles. The molecule has 0 bridgehead atoms. The van der Waals surface area contributed by atoms with Crippen molar-refractivity contribution in [1.82, 2.24) is 4.72 Å². The van der Waals surface area contributed by atoms with Crippen molar-refractivity contribution in [2.45, 2.75) is 64.2 Å². The summed E-state index contributed by atoms with van der Waals surface area (Å²) in [6.45, 7) is 0.0334. The zero-order valence-electron chi connectivity index (χ0n) is 15.9. The van der Waals surface area contributed by atoms with E-state index in [9.17, 15) is 18.0 Å². The fourth-order valence-electron chi connectivity index (χ4n) is 3.23. The first-order valence-corrected chi connectivity index (χ1v) is 11.3. The molecule has 0 aromatic carbocycles. The number of nitrogens with two attached hydrogens (primary N) is 1.